The maximum absolute atomic E-state index is 11.8. The van der Waals surface area contributed by atoms with Crippen molar-refractivity contribution in [3.8, 4) is 0 Å². The second-order valence-electron chi connectivity index (χ2n) is 4.27. The maximum atomic E-state index is 11.8. The molecule has 0 bridgehead atoms. The van der Waals surface area contributed by atoms with Crippen molar-refractivity contribution in [2.24, 2.45) is 0 Å². The van der Waals surface area contributed by atoms with Crippen LogP contribution in [0.2, 0.25) is 0 Å². The van der Waals surface area contributed by atoms with Gasteiger partial charge in [0, 0.05) is 0 Å². The quantitative estimate of drug-likeness (QED) is 0.654. The lowest BCUT2D eigenvalue weighted by molar-refractivity contribution is -0.137. The van der Waals surface area contributed by atoms with Crippen LogP contribution in [-0.2, 0) is 19.0 Å². The van der Waals surface area contributed by atoms with Gasteiger partial charge in [0.15, 0.2) is 5.70 Å². The summed E-state index contributed by atoms with van der Waals surface area (Å²) in [5.74, 6) is -0.680. The summed E-state index contributed by atoms with van der Waals surface area (Å²) in [6.45, 7) is 5.20. The van der Waals surface area contributed by atoms with Gasteiger partial charge >= 0.3 is 12.1 Å². The predicted molar refractivity (Wildman–Crippen MR) is 58.4 cm³/mol. The summed E-state index contributed by atoms with van der Waals surface area (Å²) in [5.41, 5.74) is -0.686. The fourth-order valence-corrected chi connectivity index (χ4v) is 1.06. The molecule has 1 rings (SSSR count). The van der Waals surface area contributed by atoms with E-state index in [-0.39, 0.29) is 5.70 Å². The minimum absolute atomic E-state index is 0.0377. The summed E-state index contributed by atoms with van der Waals surface area (Å²) < 4.78 is 14.5. The number of hydrogen-bond donors (Lipinski definition) is 0. The van der Waals surface area contributed by atoms with E-state index in [9.17, 15) is 9.59 Å². The van der Waals surface area contributed by atoms with Crippen LogP contribution in [-0.4, -0.2) is 29.7 Å². The smallest absolute Gasteiger partial charge is 0.419 e. The predicted octanol–water partition coefficient (Wildman–Crippen LogP) is 1.74. The molecule has 0 saturated carbocycles. The van der Waals surface area contributed by atoms with Crippen LogP contribution < -0.4 is 0 Å². The Morgan fingerprint density at radius 1 is 1.35 bits per heavy atom. The van der Waals surface area contributed by atoms with Crippen LogP contribution in [0.1, 0.15) is 20.8 Å². The van der Waals surface area contributed by atoms with E-state index in [1.54, 1.807) is 20.8 Å². The van der Waals surface area contributed by atoms with Crippen LogP contribution in [0, 0.1) is 0 Å². The molecular weight excluding hydrogens is 226 g/mol. The average molecular weight is 241 g/mol. The van der Waals surface area contributed by atoms with Crippen molar-refractivity contribution in [3.05, 3.63) is 24.4 Å². The van der Waals surface area contributed by atoms with Gasteiger partial charge in [-0.1, -0.05) is 0 Å². The third-order valence-corrected chi connectivity index (χ3v) is 1.71. The zero-order valence-electron chi connectivity index (χ0n) is 10.2. The van der Waals surface area contributed by atoms with Gasteiger partial charge < -0.3 is 14.2 Å². The fourth-order valence-electron chi connectivity index (χ4n) is 1.06. The lowest BCUT2D eigenvalue weighted by atomic mass is 10.2. The normalized spacial score (nSPS) is 14.8. The van der Waals surface area contributed by atoms with Crippen molar-refractivity contribution in [3.63, 3.8) is 0 Å². The maximum Gasteiger partial charge on any atom is 0.419 e. The summed E-state index contributed by atoms with van der Waals surface area (Å²) >= 11 is 0. The molecule has 1 heterocycles. The van der Waals surface area contributed by atoms with Crippen molar-refractivity contribution in [2.45, 2.75) is 26.4 Å². The molecule has 1 amide bonds. The first kappa shape index (κ1) is 13.1. The summed E-state index contributed by atoms with van der Waals surface area (Å²) in [5, 5.41) is 0. The van der Waals surface area contributed by atoms with Crippen LogP contribution >= 0.6 is 0 Å². The van der Waals surface area contributed by atoms with Gasteiger partial charge in [-0.3, -0.25) is 0 Å². The number of carbonyl (C=O) groups excluding carboxylic acids is 2. The number of esters is 1. The van der Waals surface area contributed by atoms with E-state index in [1.165, 1.54) is 19.6 Å². The first-order chi connectivity index (χ1) is 7.85. The van der Waals surface area contributed by atoms with Crippen molar-refractivity contribution < 1.29 is 23.8 Å². The van der Waals surface area contributed by atoms with Gasteiger partial charge in [0.25, 0.3) is 0 Å². The van der Waals surface area contributed by atoms with Gasteiger partial charge in [0.1, 0.15) is 18.1 Å². The third kappa shape index (κ3) is 3.51. The van der Waals surface area contributed by atoms with Crippen LogP contribution in [0.15, 0.2) is 24.4 Å². The molecule has 0 unspecified atom stereocenters. The van der Waals surface area contributed by atoms with Gasteiger partial charge in [-0.05, 0) is 20.8 Å². The van der Waals surface area contributed by atoms with Gasteiger partial charge in [-0.15, -0.1) is 0 Å². The minimum Gasteiger partial charge on any atom is -0.469 e. The van der Waals surface area contributed by atoms with E-state index in [4.69, 9.17) is 9.47 Å². The zero-order chi connectivity index (χ0) is 13.1. The highest BCUT2D eigenvalue weighted by molar-refractivity contribution is 5.92. The Morgan fingerprint density at radius 2 is 2.00 bits per heavy atom. The topological polar surface area (TPSA) is 65.1 Å². The molecule has 1 aliphatic heterocycles. The van der Waals surface area contributed by atoms with E-state index in [1.807, 2.05) is 0 Å². The number of nitrogens with zero attached hydrogens (tertiary/aromatic N) is 1. The molecule has 94 valence electrons. The van der Waals surface area contributed by atoms with Crippen LogP contribution in [0.3, 0.4) is 0 Å². The highest BCUT2D eigenvalue weighted by Crippen LogP contribution is 2.17. The molecular formula is C11H15NO5. The Balaban J connectivity index is 2.84. The van der Waals surface area contributed by atoms with Gasteiger partial charge in [-0.2, -0.15) is 0 Å². The summed E-state index contributed by atoms with van der Waals surface area (Å²) in [6, 6.07) is 0. The largest absolute Gasteiger partial charge is 0.469 e. The van der Waals surface area contributed by atoms with Gasteiger partial charge in [0.2, 0.25) is 0 Å². The zero-order valence-corrected chi connectivity index (χ0v) is 10.2. The average Bonchev–Trinajstić information content (AvgIpc) is 2.25. The van der Waals surface area contributed by atoms with E-state index in [2.05, 4.69) is 4.74 Å². The molecule has 1 aliphatic rings. The summed E-state index contributed by atoms with van der Waals surface area (Å²) in [7, 11) is 1.22. The molecule has 0 fully saturated rings. The molecule has 6 nitrogen and oxygen atoms in total. The highest BCUT2D eigenvalue weighted by Gasteiger charge is 2.29. The Hall–Kier alpha value is -1.98. The second-order valence-corrected chi connectivity index (χ2v) is 4.27. The van der Waals surface area contributed by atoms with Crippen molar-refractivity contribution in [1.29, 1.82) is 0 Å². The Labute approximate surface area is 99.4 Å². The fraction of sp³-hybridized carbons (Fsp3) is 0.455. The first-order valence-corrected chi connectivity index (χ1v) is 4.98. The van der Waals surface area contributed by atoms with Crippen LogP contribution in [0.4, 0.5) is 4.79 Å². The molecule has 0 aromatic rings. The van der Waals surface area contributed by atoms with Crippen LogP contribution in [0.5, 0.6) is 0 Å². The molecule has 0 atom stereocenters. The number of rotatable bonds is 1. The number of ether oxygens (including phenoxy) is 3. The van der Waals surface area contributed by atoms with Gasteiger partial charge in [-0.25, -0.2) is 14.5 Å². The van der Waals surface area contributed by atoms with Gasteiger partial charge in [0.05, 0.1) is 13.3 Å². The number of hydrogen-bond acceptors (Lipinski definition) is 5. The number of carbonyl (C=O) groups is 2. The van der Waals surface area contributed by atoms with E-state index in [0.29, 0.717) is 0 Å². The third-order valence-electron chi connectivity index (χ3n) is 1.71. The number of amides is 1. The summed E-state index contributed by atoms with van der Waals surface area (Å²) in [6.07, 6.45) is 3.00. The van der Waals surface area contributed by atoms with Crippen molar-refractivity contribution >= 4 is 12.1 Å². The van der Waals surface area contributed by atoms with Crippen molar-refractivity contribution in [2.75, 3.05) is 7.11 Å². The minimum atomic E-state index is -0.680. The Morgan fingerprint density at radius 3 is 2.53 bits per heavy atom. The Bertz CT molecular complexity index is 378. The molecule has 0 spiro atoms. The monoisotopic (exact) mass is 241 g/mol. The molecule has 0 aliphatic carbocycles. The Kier molecular flexibility index (Phi) is 3.77. The molecule has 0 aromatic heterocycles. The van der Waals surface area contributed by atoms with Crippen molar-refractivity contribution in [1.82, 2.24) is 4.90 Å². The molecule has 0 N–H and O–H groups in total. The molecule has 0 aromatic carbocycles. The van der Waals surface area contributed by atoms with E-state index < -0.39 is 17.7 Å². The lowest BCUT2D eigenvalue weighted by Crippen LogP contribution is -2.36. The standard InChI is InChI=1S/C11H15NO5/c1-11(2,3)17-10(14)12-5-6-16-7-8(12)9(13)15-4/h5-7H,1-4H3. The van der Waals surface area contributed by atoms with E-state index >= 15 is 0 Å². The second kappa shape index (κ2) is 4.90. The molecule has 0 radical (unpaired) electrons. The van der Waals surface area contributed by atoms with E-state index in [0.717, 1.165) is 11.2 Å². The number of methoxy groups -OCH3 is 1. The summed E-state index contributed by atoms with van der Waals surface area (Å²) in [4.78, 5) is 24.2. The molecule has 6 heteroatoms. The first-order valence-electron chi connectivity index (χ1n) is 4.98. The highest BCUT2D eigenvalue weighted by atomic mass is 16.6. The molecule has 0 saturated heterocycles. The molecule has 17 heavy (non-hydrogen) atoms. The lowest BCUT2D eigenvalue weighted by Gasteiger charge is -2.26. The van der Waals surface area contributed by atoms with Crippen LogP contribution in [0.25, 0.3) is 0 Å². The SMILES string of the molecule is COC(=O)C1=COC=CN1C(=O)OC(C)(C)C.